The second-order valence-corrected chi connectivity index (χ2v) is 6.74. The quantitative estimate of drug-likeness (QED) is 0.787. The van der Waals surface area contributed by atoms with Crippen molar-refractivity contribution in [3.05, 3.63) is 71.8 Å². The number of nitrogens with zero attached hydrogens (tertiary/aromatic N) is 2. The van der Waals surface area contributed by atoms with Crippen LogP contribution in [0.3, 0.4) is 0 Å². The van der Waals surface area contributed by atoms with Gasteiger partial charge in [0, 0.05) is 11.5 Å². The predicted molar refractivity (Wildman–Crippen MR) is 93.1 cm³/mol. The Labute approximate surface area is 141 Å². The van der Waals surface area contributed by atoms with E-state index >= 15 is 0 Å². The van der Waals surface area contributed by atoms with E-state index in [9.17, 15) is 4.79 Å². The number of carbonyl (C=O) groups is 1. The Morgan fingerprint density at radius 1 is 1.17 bits per heavy atom. The third-order valence-electron chi connectivity index (χ3n) is 3.71. The first kappa shape index (κ1) is 16.1. The molecule has 0 spiro atoms. The third-order valence-corrected chi connectivity index (χ3v) is 3.71. The number of benzene rings is 1. The zero-order valence-corrected chi connectivity index (χ0v) is 14.1. The van der Waals surface area contributed by atoms with Crippen molar-refractivity contribution >= 4 is 11.7 Å². The zero-order chi connectivity index (χ0) is 17.2. The van der Waals surface area contributed by atoms with Crippen LogP contribution in [0.5, 0.6) is 0 Å². The summed E-state index contributed by atoms with van der Waals surface area (Å²) in [6, 6.07) is 15.3. The van der Waals surface area contributed by atoms with E-state index in [1.807, 2.05) is 41.1 Å². The van der Waals surface area contributed by atoms with Gasteiger partial charge in [-0.3, -0.25) is 4.79 Å². The lowest BCUT2D eigenvalue weighted by Crippen LogP contribution is -2.16. The number of amides is 1. The Bertz CT molecular complexity index is 812. The maximum absolute atomic E-state index is 12.3. The highest BCUT2D eigenvalue weighted by Gasteiger charge is 2.21. The highest BCUT2D eigenvalue weighted by Crippen LogP contribution is 2.25. The molecule has 24 heavy (non-hydrogen) atoms. The molecule has 0 unspecified atom stereocenters. The lowest BCUT2D eigenvalue weighted by atomic mass is 9.92. The van der Waals surface area contributed by atoms with E-state index < -0.39 is 0 Å². The van der Waals surface area contributed by atoms with Crippen LogP contribution < -0.4 is 5.32 Å². The van der Waals surface area contributed by atoms with E-state index in [1.165, 1.54) is 6.26 Å². The van der Waals surface area contributed by atoms with E-state index in [0.29, 0.717) is 12.4 Å². The molecule has 2 heterocycles. The number of rotatable bonds is 4. The van der Waals surface area contributed by atoms with Gasteiger partial charge in [0.25, 0.3) is 5.91 Å². The van der Waals surface area contributed by atoms with E-state index in [-0.39, 0.29) is 17.1 Å². The van der Waals surface area contributed by atoms with Crippen LogP contribution in [0, 0.1) is 0 Å². The van der Waals surface area contributed by atoms with E-state index in [2.05, 4.69) is 31.2 Å². The SMILES string of the molecule is CC(C)(C)c1cc(NC(=O)c2ccco2)n(Cc2ccccc2)n1. The summed E-state index contributed by atoms with van der Waals surface area (Å²) < 4.78 is 6.97. The van der Waals surface area contributed by atoms with Gasteiger partial charge in [0.1, 0.15) is 5.82 Å². The topological polar surface area (TPSA) is 60.1 Å². The Morgan fingerprint density at radius 3 is 2.54 bits per heavy atom. The summed E-state index contributed by atoms with van der Waals surface area (Å²) in [5, 5.41) is 7.58. The van der Waals surface area contributed by atoms with Crippen LogP contribution >= 0.6 is 0 Å². The van der Waals surface area contributed by atoms with Crippen molar-refractivity contribution in [2.45, 2.75) is 32.7 Å². The molecule has 3 rings (SSSR count). The van der Waals surface area contributed by atoms with Gasteiger partial charge in [-0.15, -0.1) is 0 Å². The molecule has 0 atom stereocenters. The van der Waals surface area contributed by atoms with Gasteiger partial charge in [-0.05, 0) is 17.7 Å². The fraction of sp³-hybridized carbons (Fsp3) is 0.263. The minimum atomic E-state index is -0.283. The number of hydrogen-bond acceptors (Lipinski definition) is 3. The van der Waals surface area contributed by atoms with E-state index in [1.54, 1.807) is 12.1 Å². The normalized spacial score (nSPS) is 11.5. The molecule has 5 nitrogen and oxygen atoms in total. The summed E-state index contributed by atoms with van der Waals surface area (Å²) in [6.45, 7) is 6.88. The van der Waals surface area contributed by atoms with Crippen LogP contribution in [0.25, 0.3) is 0 Å². The van der Waals surface area contributed by atoms with Gasteiger partial charge in [-0.25, -0.2) is 4.68 Å². The number of aromatic nitrogens is 2. The smallest absolute Gasteiger partial charge is 0.292 e. The molecule has 1 amide bonds. The van der Waals surface area contributed by atoms with Gasteiger partial charge in [-0.1, -0.05) is 51.1 Å². The molecule has 3 aromatic rings. The van der Waals surface area contributed by atoms with Crippen molar-refractivity contribution in [1.82, 2.24) is 9.78 Å². The molecule has 0 aliphatic rings. The Hall–Kier alpha value is -2.82. The summed E-state index contributed by atoms with van der Waals surface area (Å²) in [4.78, 5) is 12.3. The molecule has 1 aromatic carbocycles. The third kappa shape index (κ3) is 3.56. The van der Waals surface area contributed by atoms with Crippen molar-refractivity contribution in [3.8, 4) is 0 Å². The summed E-state index contributed by atoms with van der Waals surface area (Å²) in [7, 11) is 0. The van der Waals surface area contributed by atoms with Crippen LogP contribution in [-0.2, 0) is 12.0 Å². The lowest BCUT2D eigenvalue weighted by molar-refractivity contribution is 0.0995. The molecule has 5 heteroatoms. The molecule has 0 aliphatic carbocycles. The average molecular weight is 323 g/mol. The summed E-state index contributed by atoms with van der Waals surface area (Å²) in [6.07, 6.45) is 1.48. The Kier molecular flexibility index (Phi) is 4.25. The molecular formula is C19H21N3O2. The number of carbonyl (C=O) groups excluding carboxylic acids is 1. The Balaban J connectivity index is 1.91. The fourth-order valence-electron chi connectivity index (χ4n) is 2.35. The van der Waals surface area contributed by atoms with Crippen LogP contribution in [0.15, 0.2) is 59.2 Å². The monoisotopic (exact) mass is 323 g/mol. The number of anilines is 1. The number of furan rings is 1. The maximum Gasteiger partial charge on any atom is 0.292 e. The van der Waals surface area contributed by atoms with E-state index in [4.69, 9.17) is 4.42 Å². The van der Waals surface area contributed by atoms with Crippen molar-refractivity contribution in [2.75, 3.05) is 5.32 Å². The van der Waals surface area contributed by atoms with Crippen LogP contribution in [0.1, 0.15) is 42.6 Å². The molecule has 0 bridgehead atoms. The largest absolute Gasteiger partial charge is 0.459 e. The van der Waals surface area contributed by atoms with E-state index in [0.717, 1.165) is 11.3 Å². The first-order valence-electron chi connectivity index (χ1n) is 7.90. The minimum absolute atomic E-state index is 0.105. The van der Waals surface area contributed by atoms with Crippen molar-refractivity contribution < 1.29 is 9.21 Å². The second-order valence-electron chi connectivity index (χ2n) is 6.74. The molecule has 2 aromatic heterocycles. The summed E-state index contributed by atoms with van der Waals surface area (Å²) >= 11 is 0. The molecule has 1 N–H and O–H groups in total. The van der Waals surface area contributed by atoms with Gasteiger partial charge in [0.05, 0.1) is 18.5 Å². The van der Waals surface area contributed by atoms with Crippen LogP contribution in [0.4, 0.5) is 5.82 Å². The van der Waals surface area contributed by atoms with Gasteiger partial charge >= 0.3 is 0 Å². The number of nitrogens with one attached hydrogen (secondary N) is 1. The molecule has 124 valence electrons. The van der Waals surface area contributed by atoms with Gasteiger partial charge in [-0.2, -0.15) is 5.10 Å². The average Bonchev–Trinajstić information content (AvgIpc) is 3.18. The highest BCUT2D eigenvalue weighted by molar-refractivity contribution is 6.01. The van der Waals surface area contributed by atoms with Crippen molar-refractivity contribution in [1.29, 1.82) is 0 Å². The summed E-state index contributed by atoms with van der Waals surface area (Å²) in [5.41, 5.74) is 1.94. The fourth-order valence-corrected chi connectivity index (χ4v) is 2.35. The molecule has 0 fully saturated rings. The predicted octanol–water partition coefficient (Wildman–Crippen LogP) is 4.07. The molecule has 0 radical (unpaired) electrons. The summed E-state index contributed by atoms with van der Waals surface area (Å²) in [5.74, 6) is 0.652. The maximum atomic E-state index is 12.3. The van der Waals surface area contributed by atoms with Crippen LogP contribution in [0.2, 0.25) is 0 Å². The van der Waals surface area contributed by atoms with Gasteiger partial charge in [0.15, 0.2) is 5.76 Å². The van der Waals surface area contributed by atoms with Crippen molar-refractivity contribution in [2.24, 2.45) is 0 Å². The zero-order valence-electron chi connectivity index (χ0n) is 14.1. The van der Waals surface area contributed by atoms with Crippen LogP contribution in [-0.4, -0.2) is 15.7 Å². The molecule has 0 saturated heterocycles. The lowest BCUT2D eigenvalue weighted by Gasteiger charge is -2.14. The first-order chi connectivity index (χ1) is 11.4. The first-order valence-corrected chi connectivity index (χ1v) is 7.90. The standard InChI is InChI=1S/C19H21N3O2/c1-19(2,3)16-12-17(20-18(23)15-10-7-11-24-15)22(21-16)13-14-8-5-4-6-9-14/h4-12H,13H2,1-3H3,(H,20,23). The highest BCUT2D eigenvalue weighted by atomic mass is 16.3. The molecular weight excluding hydrogens is 302 g/mol. The van der Waals surface area contributed by atoms with Crippen molar-refractivity contribution in [3.63, 3.8) is 0 Å². The van der Waals surface area contributed by atoms with Gasteiger partial charge < -0.3 is 9.73 Å². The minimum Gasteiger partial charge on any atom is -0.459 e. The van der Waals surface area contributed by atoms with Gasteiger partial charge in [0.2, 0.25) is 0 Å². The molecule has 0 aliphatic heterocycles. The second kappa shape index (κ2) is 6.35. The number of hydrogen-bond donors (Lipinski definition) is 1. The Morgan fingerprint density at radius 2 is 1.92 bits per heavy atom. The molecule has 0 saturated carbocycles.